The van der Waals surface area contributed by atoms with E-state index in [-0.39, 0.29) is 0 Å². The first-order valence-corrected chi connectivity index (χ1v) is 12.7. The number of aryl methyl sites for hydroxylation is 2. The predicted octanol–water partition coefficient (Wildman–Crippen LogP) is 7.04. The van der Waals surface area contributed by atoms with Gasteiger partial charge < -0.3 is 4.57 Å². The molecular formula is C31H30N4. The van der Waals surface area contributed by atoms with Gasteiger partial charge in [-0.3, -0.25) is 9.98 Å². The standard InChI is InChI=1S/C31H30N4/c1-21-12-16-25(17-13-21)35-30-11-7-6-10-27(30)34-29-18-26(23-15-14-22(2)32-20-23)28(19-31(29)35)33-24-8-4-3-5-9-24/h6-7,10-20,24H,3-5,8-9H2,1-2H3. The molecule has 0 bridgehead atoms. The Morgan fingerprint density at radius 3 is 2.43 bits per heavy atom. The van der Waals surface area contributed by atoms with Gasteiger partial charge in [-0.15, -0.1) is 0 Å². The molecule has 0 unspecified atom stereocenters. The Labute approximate surface area is 206 Å². The Bertz CT molecular complexity index is 1520. The van der Waals surface area contributed by atoms with Crippen molar-refractivity contribution < 1.29 is 0 Å². The Morgan fingerprint density at radius 2 is 1.66 bits per heavy atom. The molecule has 35 heavy (non-hydrogen) atoms. The van der Waals surface area contributed by atoms with Crippen LogP contribution < -0.4 is 5.36 Å². The zero-order valence-corrected chi connectivity index (χ0v) is 20.4. The molecule has 1 saturated carbocycles. The van der Waals surface area contributed by atoms with Crippen molar-refractivity contribution in [2.24, 2.45) is 4.99 Å². The van der Waals surface area contributed by atoms with Gasteiger partial charge in [0.05, 0.1) is 33.8 Å². The fraction of sp³-hybridized carbons (Fsp3) is 0.258. The molecule has 2 heterocycles. The van der Waals surface area contributed by atoms with Crippen LogP contribution in [-0.2, 0) is 0 Å². The summed E-state index contributed by atoms with van der Waals surface area (Å²) in [5, 5.41) is 1.04. The summed E-state index contributed by atoms with van der Waals surface area (Å²) >= 11 is 0. The highest BCUT2D eigenvalue weighted by Crippen LogP contribution is 2.31. The lowest BCUT2D eigenvalue weighted by atomic mass is 9.95. The summed E-state index contributed by atoms with van der Waals surface area (Å²) in [6, 6.07) is 26.2. The molecule has 174 valence electrons. The molecular weight excluding hydrogens is 428 g/mol. The van der Waals surface area contributed by atoms with Gasteiger partial charge in [0.15, 0.2) is 0 Å². The van der Waals surface area contributed by atoms with E-state index in [0.29, 0.717) is 6.04 Å². The van der Waals surface area contributed by atoms with Crippen LogP contribution in [0.4, 0.5) is 0 Å². The number of nitrogens with zero attached hydrogens (tertiary/aromatic N) is 4. The Hall–Kier alpha value is -3.79. The molecule has 3 aromatic rings. The lowest BCUT2D eigenvalue weighted by Gasteiger charge is -2.21. The van der Waals surface area contributed by atoms with Crippen LogP contribution in [0.2, 0.25) is 0 Å². The minimum atomic E-state index is 0.375. The summed E-state index contributed by atoms with van der Waals surface area (Å²) in [6.45, 7) is 4.15. The van der Waals surface area contributed by atoms with Crippen LogP contribution >= 0.6 is 0 Å². The number of hydrogen-bond donors (Lipinski definition) is 0. The van der Waals surface area contributed by atoms with E-state index in [0.717, 1.165) is 63.1 Å². The zero-order valence-electron chi connectivity index (χ0n) is 20.4. The maximum atomic E-state index is 5.33. The number of aromatic nitrogens is 3. The van der Waals surface area contributed by atoms with Crippen LogP contribution in [0.3, 0.4) is 0 Å². The quantitative estimate of drug-likeness (QED) is 0.272. The highest BCUT2D eigenvalue weighted by atomic mass is 15.0. The SMILES string of the molecule is Cc1ccc(-n2c3cc(=NC4CCCCC4)c(-c4ccc(C)nc4)cc-3nc3ccccc32)cc1. The first kappa shape index (κ1) is 21.7. The molecule has 0 radical (unpaired) electrons. The molecule has 4 nitrogen and oxygen atoms in total. The third-order valence-electron chi connectivity index (χ3n) is 7.11. The summed E-state index contributed by atoms with van der Waals surface area (Å²) in [4.78, 5) is 15.0. The maximum Gasteiger partial charge on any atom is 0.0886 e. The van der Waals surface area contributed by atoms with E-state index < -0.39 is 0 Å². The predicted molar refractivity (Wildman–Crippen MR) is 143 cm³/mol. The molecule has 2 aliphatic carbocycles. The van der Waals surface area contributed by atoms with Crippen molar-refractivity contribution in [1.29, 1.82) is 0 Å². The van der Waals surface area contributed by atoms with Gasteiger partial charge >= 0.3 is 0 Å². The first-order valence-electron chi connectivity index (χ1n) is 12.7. The monoisotopic (exact) mass is 458 g/mol. The van der Waals surface area contributed by atoms with Crippen LogP contribution in [0.25, 0.3) is 39.2 Å². The lowest BCUT2D eigenvalue weighted by Crippen LogP contribution is -2.18. The van der Waals surface area contributed by atoms with E-state index in [1.165, 1.54) is 24.8 Å². The van der Waals surface area contributed by atoms with Crippen LogP contribution in [-0.4, -0.2) is 20.6 Å². The lowest BCUT2D eigenvalue weighted by molar-refractivity contribution is 0.437. The van der Waals surface area contributed by atoms with Crippen molar-refractivity contribution in [1.82, 2.24) is 14.5 Å². The summed E-state index contributed by atoms with van der Waals surface area (Å²) in [5.41, 5.74) is 9.70. The van der Waals surface area contributed by atoms with Crippen LogP contribution in [0.1, 0.15) is 43.4 Å². The molecule has 3 aliphatic rings. The van der Waals surface area contributed by atoms with E-state index in [2.05, 4.69) is 89.3 Å². The molecule has 0 amide bonds. The first-order chi connectivity index (χ1) is 17.2. The third kappa shape index (κ3) is 4.25. The van der Waals surface area contributed by atoms with Gasteiger partial charge in [-0.05, 0) is 69.2 Å². The largest absolute Gasteiger partial charge is 0.306 e. The molecule has 0 atom stereocenters. The van der Waals surface area contributed by atoms with E-state index in [9.17, 15) is 0 Å². The highest BCUT2D eigenvalue weighted by Gasteiger charge is 2.18. The Morgan fingerprint density at radius 1 is 0.857 bits per heavy atom. The number of pyridine rings is 1. The van der Waals surface area contributed by atoms with E-state index >= 15 is 0 Å². The fourth-order valence-corrected chi connectivity index (χ4v) is 5.19. The second-order valence-corrected chi connectivity index (χ2v) is 9.74. The van der Waals surface area contributed by atoms with Crippen LogP contribution in [0.5, 0.6) is 0 Å². The summed E-state index contributed by atoms with van der Waals surface area (Å²) < 4.78 is 2.33. The summed E-state index contributed by atoms with van der Waals surface area (Å²) in [5.74, 6) is 0. The van der Waals surface area contributed by atoms with Crippen LogP contribution in [0, 0.1) is 13.8 Å². The highest BCUT2D eigenvalue weighted by molar-refractivity contribution is 5.84. The molecule has 1 fully saturated rings. The molecule has 6 rings (SSSR count). The van der Waals surface area contributed by atoms with Gasteiger partial charge in [-0.2, -0.15) is 0 Å². The average molecular weight is 459 g/mol. The Balaban J connectivity index is 1.68. The number of fused-ring (bicyclic) bond motifs is 2. The molecule has 0 saturated heterocycles. The number of benzene rings is 3. The van der Waals surface area contributed by atoms with Gasteiger partial charge in [-0.25, -0.2) is 4.98 Å². The molecule has 0 spiro atoms. The van der Waals surface area contributed by atoms with E-state index in [1.54, 1.807) is 0 Å². The normalized spacial score (nSPS) is 15.2. The summed E-state index contributed by atoms with van der Waals surface area (Å²) in [7, 11) is 0. The van der Waals surface area contributed by atoms with Gasteiger partial charge in [0.2, 0.25) is 0 Å². The maximum absolute atomic E-state index is 5.33. The average Bonchev–Trinajstić information content (AvgIpc) is 2.89. The second-order valence-electron chi connectivity index (χ2n) is 9.74. The van der Waals surface area contributed by atoms with Gasteiger partial charge in [-0.1, -0.05) is 55.2 Å². The number of para-hydroxylation sites is 2. The van der Waals surface area contributed by atoms with Gasteiger partial charge in [0.1, 0.15) is 0 Å². The Kier molecular flexibility index (Phi) is 5.65. The number of rotatable bonds is 3. The second kappa shape index (κ2) is 9.10. The third-order valence-corrected chi connectivity index (χ3v) is 7.11. The minimum absolute atomic E-state index is 0.375. The topological polar surface area (TPSA) is 43.1 Å². The van der Waals surface area contributed by atoms with Crippen molar-refractivity contribution in [2.45, 2.75) is 52.0 Å². The van der Waals surface area contributed by atoms with Crippen molar-refractivity contribution in [3.63, 3.8) is 0 Å². The molecule has 4 heteroatoms. The van der Waals surface area contributed by atoms with Crippen molar-refractivity contribution in [3.8, 4) is 28.2 Å². The van der Waals surface area contributed by atoms with Gasteiger partial charge in [0, 0.05) is 28.7 Å². The van der Waals surface area contributed by atoms with Crippen molar-refractivity contribution in [3.05, 3.63) is 95.6 Å². The van der Waals surface area contributed by atoms with Crippen LogP contribution in [0.15, 0.2) is 84.0 Å². The molecule has 1 aromatic heterocycles. The minimum Gasteiger partial charge on any atom is -0.306 e. The van der Waals surface area contributed by atoms with Crippen molar-refractivity contribution in [2.75, 3.05) is 0 Å². The summed E-state index contributed by atoms with van der Waals surface area (Å²) in [6.07, 6.45) is 8.14. The van der Waals surface area contributed by atoms with Gasteiger partial charge in [0.25, 0.3) is 0 Å². The van der Waals surface area contributed by atoms with Crippen molar-refractivity contribution >= 4 is 11.0 Å². The van der Waals surface area contributed by atoms with E-state index in [4.69, 9.17) is 9.98 Å². The fourth-order valence-electron chi connectivity index (χ4n) is 5.19. The van der Waals surface area contributed by atoms with E-state index in [1.807, 2.05) is 13.1 Å². The number of hydrogen-bond acceptors (Lipinski definition) is 3. The molecule has 1 aliphatic heterocycles. The molecule has 0 N–H and O–H groups in total. The smallest absolute Gasteiger partial charge is 0.0886 e. The molecule has 2 aromatic carbocycles. The zero-order chi connectivity index (χ0) is 23.8.